The second kappa shape index (κ2) is 5.96. The Balaban J connectivity index is 2.25. The van der Waals surface area contributed by atoms with Gasteiger partial charge in [0.25, 0.3) is 5.91 Å². The molecule has 1 aromatic carbocycles. The van der Waals surface area contributed by atoms with E-state index in [1.807, 2.05) is 0 Å². The summed E-state index contributed by atoms with van der Waals surface area (Å²) in [5.74, 6) is -4.15. The molecule has 1 aliphatic rings. The van der Waals surface area contributed by atoms with Crippen LogP contribution in [0.2, 0.25) is 0 Å². The number of amides is 1. The van der Waals surface area contributed by atoms with Crippen LogP contribution in [0.1, 0.15) is 16.8 Å². The van der Waals surface area contributed by atoms with Gasteiger partial charge in [0.05, 0.1) is 31.2 Å². The molecule has 1 heterocycles. The molecule has 1 aromatic rings. The fourth-order valence-electron chi connectivity index (χ4n) is 2.12. The fourth-order valence-corrected chi connectivity index (χ4v) is 2.12. The first-order valence-corrected chi connectivity index (χ1v) is 6.05. The van der Waals surface area contributed by atoms with Crippen molar-refractivity contribution in [3.05, 3.63) is 35.4 Å². The zero-order valence-electron chi connectivity index (χ0n) is 10.5. The lowest BCUT2D eigenvalue weighted by molar-refractivity contribution is -0.139. The van der Waals surface area contributed by atoms with E-state index in [9.17, 15) is 18.4 Å². The third kappa shape index (κ3) is 2.93. The Morgan fingerprint density at radius 1 is 1.40 bits per heavy atom. The standard InChI is InChI=1S/C13H13F2NO4/c14-10-3-1-2-9(12(10)15)13(19)16-4-5-20-7-8(16)6-11(17)18/h1-3,8H,4-7H2,(H,17,18). The van der Waals surface area contributed by atoms with Crippen LogP contribution in [0.5, 0.6) is 0 Å². The van der Waals surface area contributed by atoms with Gasteiger partial charge < -0.3 is 14.7 Å². The molecule has 7 heteroatoms. The Morgan fingerprint density at radius 3 is 2.85 bits per heavy atom. The lowest BCUT2D eigenvalue weighted by Crippen LogP contribution is -2.49. The van der Waals surface area contributed by atoms with Gasteiger partial charge in [-0.05, 0) is 12.1 Å². The molecule has 0 spiro atoms. The van der Waals surface area contributed by atoms with Crippen molar-refractivity contribution in [1.82, 2.24) is 4.90 Å². The zero-order valence-corrected chi connectivity index (χ0v) is 10.5. The topological polar surface area (TPSA) is 66.8 Å². The minimum absolute atomic E-state index is 0.0645. The molecule has 0 bridgehead atoms. The Morgan fingerprint density at radius 2 is 2.15 bits per heavy atom. The predicted molar refractivity (Wildman–Crippen MR) is 64.3 cm³/mol. The number of carboxylic acid groups (broad SMARTS) is 1. The largest absolute Gasteiger partial charge is 0.481 e. The number of aliphatic carboxylic acids is 1. The third-order valence-electron chi connectivity index (χ3n) is 3.08. The monoisotopic (exact) mass is 285 g/mol. The maximum absolute atomic E-state index is 13.6. The summed E-state index contributed by atoms with van der Waals surface area (Å²) in [6.07, 6.45) is -0.303. The van der Waals surface area contributed by atoms with E-state index in [4.69, 9.17) is 9.84 Å². The van der Waals surface area contributed by atoms with Gasteiger partial charge in [-0.1, -0.05) is 6.07 Å². The SMILES string of the molecule is O=C(O)CC1COCCN1C(=O)c1cccc(F)c1F. The average molecular weight is 285 g/mol. The Kier molecular flexibility index (Phi) is 4.29. The summed E-state index contributed by atoms with van der Waals surface area (Å²) in [6, 6.07) is 2.64. The van der Waals surface area contributed by atoms with Crippen molar-refractivity contribution in [3.8, 4) is 0 Å². The molecule has 2 rings (SSSR count). The van der Waals surface area contributed by atoms with Crippen molar-refractivity contribution in [2.45, 2.75) is 12.5 Å². The van der Waals surface area contributed by atoms with Gasteiger partial charge in [-0.25, -0.2) is 8.78 Å². The Hall–Kier alpha value is -2.02. The zero-order chi connectivity index (χ0) is 14.7. The highest BCUT2D eigenvalue weighted by Gasteiger charge is 2.31. The Labute approximate surface area is 113 Å². The number of carbonyl (C=O) groups excluding carboxylic acids is 1. The van der Waals surface area contributed by atoms with Crippen molar-refractivity contribution in [3.63, 3.8) is 0 Å². The molecular formula is C13H13F2NO4. The third-order valence-corrected chi connectivity index (χ3v) is 3.08. The number of morpholine rings is 1. The van der Waals surface area contributed by atoms with Gasteiger partial charge in [0.1, 0.15) is 0 Å². The smallest absolute Gasteiger partial charge is 0.305 e. The van der Waals surface area contributed by atoms with E-state index in [-0.39, 0.29) is 26.2 Å². The van der Waals surface area contributed by atoms with Crippen LogP contribution in [0.4, 0.5) is 8.78 Å². The summed E-state index contributed by atoms with van der Waals surface area (Å²) in [6.45, 7) is 0.445. The molecule has 20 heavy (non-hydrogen) atoms. The van der Waals surface area contributed by atoms with Crippen LogP contribution in [0.3, 0.4) is 0 Å². The maximum Gasteiger partial charge on any atom is 0.305 e. The lowest BCUT2D eigenvalue weighted by Gasteiger charge is -2.34. The number of carboxylic acids is 1. The minimum atomic E-state index is -1.22. The highest BCUT2D eigenvalue weighted by molar-refractivity contribution is 5.95. The van der Waals surface area contributed by atoms with Gasteiger partial charge in [0, 0.05) is 6.54 Å². The minimum Gasteiger partial charge on any atom is -0.481 e. The van der Waals surface area contributed by atoms with E-state index < -0.39 is 35.1 Å². The van der Waals surface area contributed by atoms with Crippen molar-refractivity contribution in [2.24, 2.45) is 0 Å². The van der Waals surface area contributed by atoms with E-state index in [2.05, 4.69) is 0 Å². The number of rotatable bonds is 3. The highest BCUT2D eigenvalue weighted by Crippen LogP contribution is 2.18. The molecule has 0 aliphatic carbocycles. The summed E-state index contributed by atoms with van der Waals surface area (Å²) in [4.78, 5) is 24.2. The van der Waals surface area contributed by atoms with E-state index in [0.717, 1.165) is 6.07 Å². The molecule has 0 aromatic heterocycles. The quantitative estimate of drug-likeness (QED) is 0.908. The predicted octanol–water partition coefficient (Wildman–Crippen LogP) is 1.28. The van der Waals surface area contributed by atoms with Crippen LogP contribution in [0.25, 0.3) is 0 Å². The molecule has 0 radical (unpaired) electrons. The molecule has 5 nitrogen and oxygen atoms in total. The molecule has 1 atom stereocenters. The molecule has 0 saturated carbocycles. The van der Waals surface area contributed by atoms with Gasteiger partial charge in [-0.3, -0.25) is 9.59 Å². The number of nitrogens with zero attached hydrogens (tertiary/aromatic N) is 1. The van der Waals surface area contributed by atoms with Crippen molar-refractivity contribution >= 4 is 11.9 Å². The van der Waals surface area contributed by atoms with Gasteiger partial charge >= 0.3 is 5.97 Å². The molecule has 1 saturated heterocycles. The number of halogens is 2. The second-order valence-corrected chi connectivity index (χ2v) is 4.43. The normalized spacial score (nSPS) is 18.9. The van der Waals surface area contributed by atoms with Crippen LogP contribution in [0, 0.1) is 11.6 Å². The van der Waals surface area contributed by atoms with E-state index in [0.29, 0.717) is 0 Å². The van der Waals surface area contributed by atoms with Gasteiger partial charge in [0.15, 0.2) is 11.6 Å². The number of carbonyl (C=O) groups is 2. The summed E-state index contributed by atoms with van der Waals surface area (Å²) in [5.41, 5.74) is -0.401. The first-order chi connectivity index (χ1) is 9.50. The molecule has 108 valence electrons. The van der Waals surface area contributed by atoms with Crippen LogP contribution < -0.4 is 0 Å². The second-order valence-electron chi connectivity index (χ2n) is 4.43. The average Bonchev–Trinajstić information content (AvgIpc) is 2.41. The first kappa shape index (κ1) is 14.4. The van der Waals surface area contributed by atoms with Crippen molar-refractivity contribution in [1.29, 1.82) is 0 Å². The molecule has 1 aliphatic heterocycles. The Bertz CT molecular complexity index is 535. The highest BCUT2D eigenvalue weighted by atomic mass is 19.2. The van der Waals surface area contributed by atoms with Gasteiger partial charge in [-0.2, -0.15) is 0 Å². The van der Waals surface area contributed by atoms with Crippen molar-refractivity contribution < 1.29 is 28.2 Å². The number of hydrogen-bond acceptors (Lipinski definition) is 3. The number of ether oxygens (including phenoxy) is 1. The summed E-state index contributed by atoms with van der Waals surface area (Å²) < 4.78 is 31.9. The van der Waals surface area contributed by atoms with Gasteiger partial charge in [-0.15, -0.1) is 0 Å². The van der Waals surface area contributed by atoms with Crippen LogP contribution >= 0.6 is 0 Å². The fraction of sp³-hybridized carbons (Fsp3) is 0.385. The van der Waals surface area contributed by atoms with Crippen LogP contribution in [0.15, 0.2) is 18.2 Å². The number of hydrogen-bond donors (Lipinski definition) is 1. The van der Waals surface area contributed by atoms with Crippen LogP contribution in [-0.2, 0) is 9.53 Å². The summed E-state index contributed by atoms with van der Waals surface area (Å²) >= 11 is 0. The summed E-state index contributed by atoms with van der Waals surface area (Å²) in [7, 11) is 0. The maximum atomic E-state index is 13.6. The van der Waals surface area contributed by atoms with E-state index in [1.54, 1.807) is 0 Å². The van der Waals surface area contributed by atoms with Gasteiger partial charge in [0.2, 0.25) is 0 Å². The molecule has 1 fully saturated rings. The van der Waals surface area contributed by atoms with E-state index >= 15 is 0 Å². The van der Waals surface area contributed by atoms with Crippen LogP contribution in [-0.4, -0.2) is 47.7 Å². The summed E-state index contributed by atoms with van der Waals surface area (Å²) in [5, 5.41) is 8.81. The molecular weight excluding hydrogens is 272 g/mol. The molecule has 1 amide bonds. The van der Waals surface area contributed by atoms with Crippen molar-refractivity contribution in [2.75, 3.05) is 19.8 Å². The number of benzene rings is 1. The first-order valence-electron chi connectivity index (χ1n) is 6.05. The molecule has 1 unspecified atom stereocenters. The lowest BCUT2D eigenvalue weighted by atomic mass is 10.1. The van der Waals surface area contributed by atoms with E-state index in [1.165, 1.54) is 17.0 Å². The molecule has 1 N–H and O–H groups in total.